The van der Waals surface area contributed by atoms with Gasteiger partial charge in [-0.25, -0.2) is 4.79 Å². The molecule has 0 aliphatic rings. The van der Waals surface area contributed by atoms with Crippen LogP contribution in [0.5, 0.6) is 5.88 Å². The lowest BCUT2D eigenvalue weighted by Gasteiger charge is -2.09. The van der Waals surface area contributed by atoms with Crippen molar-refractivity contribution in [3.63, 3.8) is 0 Å². The van der Waals surface area contributed by atoms with E-state index in [-0.39, 0.29) is 21.8 Å². The van der Waals surface area contributed by atoms with E-state index < -0.39 is 17.4 Å². The average molecular weight is 388 g/mol. The summed E-state index contributed by atoms with van der Waals surface area (Å²) in [5.74, 6) is -0.926. The Morgan fingerprint density at radius 2 is 1.93 bits per heavy atom. The van der Waals surface area contributed by atoms with Gasteiger partial charge in [0, 0.05) is 11.5 Å². The number of nitrogens with zero attached hydrogens (tertiary/aromatic N) is 1. The van der Waals surface area contributed by atoms with Gasteiger partial charge in [-0.15, -0.1) is 0 Å². The summed E-state index contributed by atoms with van der Waals surface area (Å²) >= 11 is 6.07. The van der Waals surface area contributed by atoms with E-state index in [9.17, 15) is 14.4 Å². The Morgan fingerprint density at radius 3 is 2.63 bits per heavy atom. The smallest absolute Gasteiger partial charge is 0.337 e. The zero-order chi connectivity index (χ0) is 19.6. The largest absolute Gasteiger partial charge is 0.481 e. The van der Waals surface area contributed by atoms with E-state index in [1.54, 1.807) is 12.1 Å². The molecule has 9 heteroatoms. The minimum absolute atomic E-state index is 0.131. The fraction of sp³-hybridized carbons (Fsp3) is 0.111. The van der Waals surface area contributed by atoms with Gasteiger partial charge in [0.15, 0.2) is 0 Å². The number of anilines is 1. The van der Waals surface area contributed by atoms with E-state index in [1.807, 2.05) is 0 Å². The number of hydrogen-bond acceptors (Lipinski definition) is 6. The number of fused-ring (bicyclic) bond motifs is 1. The lowest BCUT2D eigenvalue weighted by molar-refractivity contribution is 0.0600. The fourth-order valence-electron chi connectivity index (χ4n) is 2.40. The summed E-state index contributed by atoms with van der Waals surface area (Å²) in [6.45, 7) is 0. The molecule has 2 aromatic heterocycles. The van der Waals surface area contributed by atoms with Gasteiger partial charge in [0.25, 0.3) is 11.5 Å². The van der Waals surface area contributed by atoms with Gasteiger partial charge in [-0.3, -0.25) is 9.59 Å². The number of nitrogens with one attached hydrogen (secondary N) is 2. The number of halogens is 1. The van der Waals surface area contributed by atoms with Crippen molar-refractivity contribution in [2.75, 3.05) is 19.5 Å². The highest BCUT2D eigenvalue weighted by Crippen LogP contribution is 2.24. The minimum Gasteiger partial charge on any atom is -0.481 e. The normalized spacial score (nSPS) is 10.5. The second-order valence-electron chi connectivity index (χ2n) is 5.44. The van der Waals surface area contributed by atoms with Crippen LogP contribution in [0.4, 0.5) is 5.69 Å². The SMILES string of the molecule is COC(=O)c1ccc(Cl)c(NC(=O)c2cc3ccc(OC)nc3[nH]c2=O)c1. The van der Waals surface area contributed by atoms with Crippen molar-refractivity contribution in [3.05, 3.63) is 62.9 Å². The Labute approximate surface area is 158 Å². The van der Waals surface area contributed by atoms with Crippen molar-refractivity contribution in [1.29, 1.82) is 0 Å². The van der Waals surface area contributed by atoms with Gasteiger partial charge in [0.05, 0.1) is 30.5 Å². The van der Waals surface area contributed by atoms with Gasteiger partial charge in [0.1, 0.15) is 11.2 Å². The van der Waals surface area contributed by atoms with Crippen LogP contribution in [-0.4, -0.2) is 36.1 Å². The third kappa shape index (κ3) is 3.75. The number of ether oxygens (including phenoxy) is 2. The first-order valence-corrected chi connectivity index (χ1v) is 8.08. The molecule has 0 aliphatic carbocycles. The Bertz CT molecular complexity index is 1110. The van der Waals surface area contributed by atoms with Gasteiger partial charge in [-0.05, 0) is 30.3 Å². The first-order valence-electron chi connectivity index (χ1n) is 7.70. The molecule has 0 radical (unpaired) electrons. The van der Waals surface area contributed by atoms with Gasteiger partial charge in [0.2, 0.25) is 5.88 Å². The van der Waals surface area contributed by atoms with Crippen LogP contribution < -0.4 is 15.6 Å². The number of methoxy groups -OCH3 is 2. The lowest BCUT2D eigenvalue weighted by atomic mass is 10.1. The molecular weight excluding hydrogens is 374 g/mol. The zero-order valence-corrected chi connectivity index (χ0v) is 15.1. The summed E-state index contributed by atoms with van der Waals surface area (Å²) in [5.41, 5.74) is -0.0746. The van der Waals surface area contributed by atoms with Crippen LogP contribution in [0.1, 0.15) is 20.7 Å². The maximum Gasteiger partial charge on any atom is 0.337 e. The molecule has 3 aromatic rings. The van der Waals surface area contributed by atoms with Crippen LogP contribution in [0.3, 0.4) is 0 Å². The molecule has 1 amide bonds. The molecule has 0 atom stereocenters. The maximum absolute atomic E-state index is 12.6. The van der Waals surface area contributed by atoms with Crippen molar-refractivity contribution in [2.24, 2.45) is 0 Å². The number of hydrogen-bond donors (Lipinski definition) is 2. The van der Waals surface area contributed by atoms with E-state index in [0.29, 0.717) is 16.9 Å². The zero-order valence-electron chi connectivity index (χ0n) is 14.3. The Morgan fingerprint density at radius 1 is 1.15 bits per heavy atom. The first kappa shape index (κ1) is 18.4. The van der Waals surface area contributed by atoms with Crippen LogP contribution in [0.25, 0.3) is 11.0 Å². The number of carbonyl (C=O) groups is 2. The molecule has 2 N–H and O–H groups in total. The van der Waals surface area contributed by atoms with Crippen LogP contribution >= 0.6 is 11.6 Å². The van der Waals surface area contributed by atoms with Crippen LogP contribution in [0.15, 0.2) is 41.2 Å². The summed E-state index contributed by atoms with van der Waals surface area (Å²) in [6, 6.07) is 8.97. The summed E-state index contributed by atoms with van der Waals surface area (Å²) in [6.07, 6.45) is 0. The second-order valence-corrected chi connectivity index (χ2v) is 5.85. The van der Waals surface area contributed by atoms with E-state index >= 15 is 0 Å². The highest BCUT2D eigenvalue weighted by atomic mass is 35.5. The Hall–Kier alpha value is -3.39. The molecule has 0 saturated heterocycles. The summed E-state index contributed by atoms with van der Waals surface area (Å²) < 4.78 is 9.65. The lowest BCUT2D eigenvalue weighted by Crippen LogP contribution is -2.23. The molecule has 0 aliphatic heterocycles. The molecule has 27 heavy (non-hydrogen) atoms. The number of aromatic amines is 1. The van der Waals surface area contributed by atoms with Crippen LogP contribution in [0.2, 0.25) is 5.02 Å². The van der Waals surface area contributed by atoms with Crippen molar-refractivity contribution in [1.82, 2.24) is 9.97 Å². The molecule has 0 spiro atoms. The fourth-order valence-corrected chi connectivity index (χ4v) is 2.57. The molecule has 3 rings (SSSR count). The number of amides is 1. The van der Waals surface area contributed by atoms with Crippen molar-refractivity contribution >= 4 is 40.2 Å². The number of carbonyl (C=O) groups excluding carboxylic acids is 2. The molecule has 2 heterocycles. The van der Waals surface area contributed by atoms with Gasteiger partial charge < -0.3 is 19.8 Å². The van der Waals surface area contributed by atoms with Crippen molar-refractivity contribution < 1.29 is 19.1 Å². The van der Waals surface area contributed by atoms with Crippen molar-refractivity contribution in [2.45, 2.75) is 0 Å². The van der Waals surface area contributed by atoms with Crippen LogP contribution in [0, 0.1) is 0 Å². The predicted octanol–water partition coefficient (Wildman–Crippen LogP) is 2.62. The number of pyridine rings is 2. The predicted molar refractivity (Wildman–Crippen MR) is 99.7 cm³/mol. The van der Waals surface area contributed by atoms with Gasteiger partial charge >= 0.3 is 5.97 Å². The van der Waals surface area contributed by atoms with E-state index in [4.69, 9.17) is 16.3 Å². The Balaban J connectivity index is 1.96. The molecular formula is C18H14ClN3O5. The standard InChI is InChI=1S/C18H14ClN3O5/c1-26-14-6-4-9-7-11(17(24)22-15(9)21-14)16(23)20-13-8-10(18(25)27-2)3-5-12(13)19/h3-8H,1-2H3,(H,20,23)(H,21,22,24). The van der Waals surface area contributed by atoms with Gasteiger partial charge in [-0.2, -0.15) is 4.98 Å². The molecule has 0 fully saturated rings. The summed E-state index contributed by atoms with van der Waals surface area (Å²) in [5, 5.41) is 3.29. The summed E-state index contributed by atoms with van der Waals surface area (Å²) in [4.78, 5) is 43.1. The topological polar surface area (TPSA) is 110 Å². The minimum atomic E-state index is -0.683. The Kier molecular flexibility index (Phi) is 5.09. The second kappa shape index (κ2) is 7.46. The number of H-pyrrole nitrogens is 1. The third-order valence-corrected chi connectivity index (χ3v) is 4.10. The molecule has 0 unspecified atom stereocenters. The average Bonchev–Trinajstić information content (AvgIpc) is 2.67. The number of benzene rings is 1. The van der Waals surface area contributed by atoms with Crippen molar-refractivity contribution in [3.8, 4) is 5.88 Å². The van der Waals surface area contributed by atoms with E-state index in [1.165, 1.54) is 38.5 Å². The van der Waals surface area contributed by atoms with Crippen LogP contribution in [-0.2, 0) is 4.74 Å². The molecule has 0 saturated carbocycles. The highest BCUT2D eigenvalue weighted by Gasteiger charge is 2.16. The molecule has 8 nitrogen and oxygen atoms in total. The summed E-state index contributed by atoms with van der Waals surface area (Å²) in [7, 11) is 2.70. The third-order valence-electron chi connectivity index (χ3n) is 3.77. The molecule has 1 aromatic carbocycles. The maximum atomic E-state index is 12.6. The van der Waals surface area contributed by atoms with E-state index in [0.717, 1.165) is 0 Å². The molecule has 138 valence electrons. The number of aromatic nitrogens is 2. The monoisotopic (exact) mass is 387 g/mol. The highest BCUT2D eigenvalue weighted by molar-refractivity contribution is 6.34. The first-order chi connectivity index (χ1) is 12.9. The number of esters is 1. The van der Waals surface area contributed by atoms with Gasteiger partial charge in [-0.1, -0.05) is 11.6 Å². The molecule has 0 bridgehead atoms. The quantitative estimate of drug-likeness (QED) is 0.666. The number of rotatable bonds is 4. The van der Waals surface area contributed by atoms with E-state index in [2.05, 4.69) is 20.0 Å².